The Morgan fingerprint density at radius 2 is 1.79 bits per heavy atom. The van der Waals surface area contributed by atoms with E-state index in [-0.39, 0.29) is 65.5 Å². The summed E-state index contributed by atoms with van der Waals surface area (Å²) >= 11 is 6.39. The Morgan fingerprint density at radius 1 is 1.05 bits per heavy atom. The molecule has 0 saturated carbocycles. The van der Waals surface area contributed by atoms with Crippen LogP contribution < -0.4 is 16.0 Å². The third-order valence-corrected chi connectivity index (χ3v) is 7.73. The molecule has 3 rings (SSSR count). The summed E-state index contributed by atoms with van der Waals surface area (Å²) in [4.78, 5) is 13.5. The van der Waals surface area contributed by atoms with Gasteiger partial charge >= 0.3 is 0 Å². The molecule has 206 valence electrons. The minimum absolute atomic E-state index is 0.0247. The van der Waals surface area contributed by atoms with E-state index in [0.717, 1.165) is 6.07 Å². The van der Waals surface area contributed by atoms with Crippen molar-refractivity contribution in [3.8, 4) is 0 Å². The second-order valence-corrected chi connectivity index (χ2v) is 11.8. The van der Waals surface area contributed by atoms with E-state index >= 15 is 0 Å². The van der Waals surface area contributed by atoms with Crippen LogP contribution in [0.4, 0.5) is 29.0 Å². The van der Waals surface area contributed by atoms with Gasteiger partial charge in [0.1, 0.15) is 4.90 Å². The number of nitrogen functional groups attached to an aromatic ring is 1. The maximum absolute atomic E-state index is 12.5. The molecule has 1 heterocycles. The molecule has 0 amide bonds. The van der Waals surface area contributed by atoms with Gasteiger partial charge in [0.25, 0.3) is 10.1 Å². The highest BCUT2D eigenvalue weighted by Crippen LogP contribution is 2.27. The third kappa shape index (κ3) is 8.89. The van der Waals surface area contributed by atoms with Crippen LogP contribution in [-0.4, -0.2) is 66.3 Å². The molecular formula is C19H21ClN6O9S3. The molecule has 0 aliphatic rings. The molecule has 0 atom stereocenters. The Labute approximate surface area is 226 Å². The molecule has 2 aromatic carbocycles. The summed E-state index contributed by atoms with van der Waals surface area (Å²) in [7, 11) is -8.12. The lowest BCUT2D eigenvalue weighted by Crippen LogP contribution is -2.28. The summed E-state index contributed by atoms with van der Waals surface area (Å²) in [5.41, 5.74) is 6.36. The van der Waals surface area contributed by atoms with Crippen molar-refractivity contribution in [3.05, 3.63) is 53.8 Å². The molecule has 0 unspecified atom stereocenters. The van der Waals surface area contributed by atoms with Crippen LogP contribution in [0.25, 0.3) is 0 Å². The summed E-state index contributed by atoms with van der Waals surface area (Å²) in [5, 5.41) is 14.0. The topological polar surface area (TPSA) is 216 Å². The van der Waals surface area contributed by atoms with Crippen LogP contribution in [0.1, 0.15) is 0 Å². The van der Waals surface area contributed by atoms with Crippen LogP contribution in [0.15, 0.2) is 53.4 Å². The van der Waals surface area contributed by atoms with Crippen molar-refractivity contribution >= 4 is 72.8 Å². The first-order valence-electron chi connectivity index (χ1n) is 10.3. The fourth-order valence-electron chi connectivity index (χ4n) is 3.02. The van der Waals surface area contributed by atoms with E-state index in [1.165, 1.54) is 17.0 Å². The SMILES string of the molecule is Nc1cc(Nc2nc(Cl)nc(N(CCS(=O)(=O)CCOSOOO)c3ccccc3)n2)ccc1S(=O)(=O)O. The Morgan fingerprint density at radius 3 is 2.45 bits per heavy atom. The number of aromatic nitrogens is 3. The molecule has 0 spiro atoms. The van der Waals surface area contributed by atoms with E-state index < -0.39 is 24.9 Å². The van der Waals surface area contributed by atoms with Crippen LogP contribution in [0, 0.1) is 0 Å². The van der Waals surface area contributed by atoms with Gasteiger partial charge < -0.3 is 16.0 Å². The van der Waals surface area contributed by atoms with Crippen molar-refractivity contribution in [3.63, 3.8) is 0 Å². The fraction of sp³-hybridized carbons (Fsp3) is 0.211. The molecule has 0 bridgehead atoms. The van der Waals surface area contributed by atoms with Crippen molar-refractivity contribution in [2.24, 2.45) is 0 Å². The number of nitrogens with two attached hydrogens (primary N) is 1. The van der Waals surface area contributed by atoms with Crippen molar-refractivity contribution in [1.29, 1.82) is 0 Å². The van der Waals surface area contributed by atoms with Gasteiger partial charge in [0.2, 0.25) is 17.2 Å². The number of nitrogens with one attached hydrogen (secondary N) is 1. The molecule has 15 nitrogen and oxygen atoms in total. The zero-order chi connectivity index (χ0) is 27.8. The number of para-hydroxylation sites is 1. The minimum Gasteiger partial charge on any atom is -0.398 e. The lowest BCUT2D eigenvalue weighted by Gasteiger charge is -2.23. The third-order valence-electron chi connectivity index (χ3n) is 4.66. The van der Waals surface area contributed by atoms with E-state index in [2.05, 4.69) is 29.6 Å². The molecule has 38 heavy (non-hydrogen) atoms. The van der Waals surface area contributed by atoms with Gasteiger partial charge in [0.05, 0.1) is 23.8 Å². The number of hydrogen-bond donors (Lipinski definition) is 4. The fourth-order valence-corrected chi connectivity index (χ4v) is 5.09. The first-order chi connectivity index (χ1) is 18.0. The quantitative estimate of drug-likeness (QED) is 0.0516. The maximum atomic E-state index is 12.5. The van der Waals surface area contributed by atoms with Crippen LogP contribution in [0.2, 0.25) is 5.28 Å². The van der Waals surface area contributed by atoms with Crippen LogP contribution in [0.3, 0.4) is 0 Å². The Hall–Kier alpha value is -2.81. The van der Waals surface area contributed by atoms with E-state index in [9.17, 15) is 21.4 Å². The standard InChI is InChI=1S/C19H21ClN6O9S3/c20-17-23-18(22-13-6-7-16(15(21)12-13)38(30,31)32)25-19(24-17)26(14-4-2-1-3-5-14)8-10-37(28,29)11-9-33-36-35-34-27/h1-7,12,27H,8-11,21H2,(H,30,31,32)(H,22,23,24,25). The van der Waals surface area contributed by atoms with Crippen LogP contribution in [-0.2, 0) is 33.5 Å². The van der Waals surface area contributed by atoms with Gasteiger partial charge in [0.15, 0.2) is 22.2 Å². The molecule has 1 aromatic heterocycles. The summed E-state index contributed by atoms with van der Waals surface area (Å²) < 4.78 is 65.9. The average Bonchev–Trinajstić information content (AvgIpc) is 2.83. The molecule has 5 N–H and O–H groups in total. The highest BCUT2D eigenvalue weighted by atomic mass is 35.5. The molecule has 3 aromatic rings. The van der Waals surface area contributed by atoms with Crippen molar-refractivity contribution < 1.29 is 40.2 Å². The summed E-state index contributed by atoms with van der Waals surface area (Å²) in [5.74, 6) is -0.674. The van der Waals surface area contributed by atoms with Gasteiger partial charge in [-0.3, -0.25) is 8.74 Å². The van der Waals surface area contributed by atoms with Gasteiger partial charge in [-0.25, -0.2) is 13.7 Å². The first-order valence-corrected chi connectivity index (χ1v) is 14.6. The molecule has 0 aliphatic heterocycles. The second kappa shape index (κ2) is 13.3. The summed E-state index contributed by atoms with van der Waals surface area (Å²) in [6.45, 7) is -0.293. The lowest BCUT2D eigenvalue weighted by atomic mass is 10.3. The summed E-state index contributed by atoms with van der Waals surface area (Å²) in [6.07, 6.45) is 0. The van der Waals surface area contributed by atoms with Crippen LogP contribution >= 0.6 is 23.9 Å². The van der Waals surface area contributed by atoms with Gasteiger partial charge in [-0.15, -0.1) is 4.33 Å². The van der Waals surface area contributed by atoms with E-state index in [1.807, 2.05) is 0 Å². The first kappa shape index (κ1) is 29.7. The molecule has 0 saturated heterocycles. The number of hydrogen-bond acceptors (Lipinski definition) is 15. The summed E-state index contributed by atoms with van der Waals surface area (Å²) in [6, 6.07) is 12.4. The molecule has 0 aliphatic carbocycles. The van der Waals surface area contributed by atoms with E-state index in [0.29, 0.717) is 5.69 Å². The Bertz CT molecular complexity index is 1450. The number of nitrogens with zero attached hydrogens (tertiary/aromatic N) is 4. The van der Waals surface area contributed by atoms with Crippen molar-refractivity contribution in [2.75, 3.05) is 40.6 Å². The van der Waals surface area contributed by atoms with E-state index in [4.69, 9.17) is 26.8 Å². The predicted octanol–water partition coefficient (Wildman–Crippen LogP) is 2.65. The average molecular weight is 609 g/mol. The number of rotatable bonds is 14. The van der Waals surface area contributed by atoms with E-state index in [1.54, 1.807) is 30.3 Å². The molecular weight excluding hydrogens is 588 g/mol. The van der Waals surface area contributed by atoms with Crippen LogP contribution in [0.5, 0.6) is 0 Å². The van der Waals surface area contributed by atoms with Gasteiger partial charge in [-0.05, 0) is 41.9 Å². The second-order valence-electron chi connectivity index (χ2n) is 7.25. The zero-order valence-electron chi connectivity index (χ0n) is 19.2. The van der Waals surface area contributed by atoms with Gasteiger partial charge in [-0.1, -0.05) is 23.2 Å². The predicted molar refractivity (Wildman–Crippen MR) is 139 cm³/mol. The van der Waals surface area contributed by atoms with Crippen molar-refractivity contribution in [2.45, 2.75) is 4.90 Å². The number of halogens is 1. The molecule has 0 fully saturated rings. The number of anilines is 5. The molecule has 0 radical (unpaired) electrons. The Balaban J connectivity index is 1.83. The van der Waals surface area contributed by atoms with Gasteiger partial charge in [0, 0.05) is 17.9 Å². The largest absolute Gasteiger partial charge is 0.398 e. The number of sulfone groups is 1. The maximum Gasteiger partial charge on any atom is 0.296 e. The zero-order valence-corrected chi connectivity index (χ0v) is 22.4. The minimum atomic E-state index is -4.51. The van der Waals surface area contributed by atoms with Gasteiger partial charge in [-0.2, -0.15) is 23.4 Å². The highest BCUT2D eigenvalue weighted by molar-refractivity contribution is 7.91. The normalized spacial score (nSPS) is 11.9. The smallest absolute Gasteiger partial charge is 0.296 e. The molecule has 19 heteroatoms. The lowest BCUT2D eigenvalue weighted by molar-refractivity contribution is -0.434. The monoisotopic (exact) mass is 608 g/mol. The number of benzene rings is 2. The van der Waals surface area contributed by atoms with Crippen molar-refractivity contribution in [1.82, 2.24) is 15.0 Å². The highest BCUT2D eigenvalue weighted by Gasteiger charge is 2.20. The Kier molecular flexibility index (Phi) is 10.4.